The molecule has 1 amide bonds. The Morgan fingerprint density at radius 3 is 2.84 bits per heavy atom. The number of amides is 1. The number of carbonyl (C=O) groups excluding carboxylic acids is 1. The van der Waals surface area contributed by atoms with E-state index < -0.39 is 0 Å². The third kappa shape index (κ3) is 5.37. The summed E-state index contributed by atoms with van der Waals surface area (Å²) < 4.78 is 5.27. The summed E-state index contributed by atoms with van der Waals surface area (Å²) in [4.78, 5) is 25.8. The first kappa shape index (κ1) is 22.5. The van der Waals surface area contributed by atoms with Gasteiger partial charge < -0.3 is 20.3 Å². The average Bonchev–Trinajstić information content (AvgIpc) is 3.17. The van der Waals surface area contributed by atoms with E-state index in [1.54, 1.807) is 13.4 Å². The molecule has 1 aromatic carbocycles. The molecule has 2 aromatic heterocycles. The zero-order chi connectivity index (χ0) is 22.3. The SMILES string of the molecule is COc1cccc(CCNC(=O)c2sc3ncnc(NCCN4CCCCC4)c3c2C)c1. The van der Waals surface area contributed by atoms with Crippen LogP contribution >= 0.6 is 11.3 Å². The summed E-state index contributed by atoms with van der Waals surface area (Å²) in [5.74, 6) is 1.58. The Balaban J connectivity index is 1.38. The molecular formula is C24H31N5O2S. The molecule has 32 heavy (non-hydrogen) atoms. The number of nitrogens with one attached hydrogen (secondary N) is 2. The van der Waals surface area contributed by atoms with Crippen molar-refractivity contribution >= 4 is 33.3 Å². The predicted octanol–water partition coefficient (Wildman–Crippen LogP) is 3.88. The quantitative estimate of drug-likeness (QED) is 0.512. The van der Waals surface area contributed by atoms with Crippen LogP contribution < -0.4 is 15.4 Å². The molecule has 0 atom stereocenters. The molecule has 0 saturated carbocycles. The number of carbonyl (C=O) groups is 1. The second-order valence-electron chi connectivity index (χ2n) is 8.15. The minimum absolute atomic E-state index is 0.0623. The van der Waals surface area contributed by atoms with Crippen molar-refractivity contribution in [3.8, 4) is 5.75 Å². The second kappa shape index (κ2) is 10.7. The number of methoxy groups -OCH3 is 1. The monoisotopic (exact) mass is 453 g/mol. The van der Waals surface area contributed by atoms with Gasteiger partial charge in [-0.1, -0.05) is 18.6 Å². The summed E-state index contributed by atoms with van der Waals surface area (Å²) in [5.41, 5.74) is 2.06. The fraction of sp³-hybridized carbons (Fsp3) is 0.458. The van der Waals surface area contributed by atoms with Gasteiger partial charge in [0.2, 0.25) is 0 Å². The Morgan fingerprint density at radius 2 is 2.03 bits per heavy atom. The van der Waals surface area contributed by atoms with Crippen molar-refractivity contribution in [2.24, 2.45) is 0 Å². The number of rotatable bonds is 9. The van der Waals surface area contributed by atoms with E-state index in [0.717, 1.165) is 52.4 Å². The van der Waals surface area contributed by atoms with Gasteiger partial charge in [-0.05, 0) is 62.5 Å². The number of likely N-dealkylation sites (tertiary alicyclic amines) is 1. The Hall–Kier alpha value is -2.71. The highest BCUT2D eigenvalue weighted by molar-refractivity contribution is 7.20. The highest BCUT2D eigenvalue weighted by Gasteiger charge is 2.19. The highest BCUT2D eigenvalue weighted by Crippen LogP contribution is 2.33. The third-order valence-electron chi connectivity index (χ3n) is 5.94. The van der Waals surface area contributed by atoms with Crippen LogP contribution in [-0.4, -0.2) is 60.6 Å². The minimum atomic E-state index is -0.0623. The van der Waals surface area contributed by atoms with E-state index in [1.807, 2.05) is 31.2 Å². The van der Waals surface area contributed by atoms with Crippen LogP contribution in [0.1, 0.15) is 40.1 Å². The number of benzene rings is 1. The van der Waals surface area contributed by atoms with Gasteiger partial charge in [0, 0.05) is 19.6 Å². The molecule has 0 radical (unpaired) electrons. The zero-order valence-electron chi connectivity index (χ0n) is 18.8. The number of piperidine rings is 1. The molecule has 0 unspecified atom stereocenters. The van der Waals surface area contributed by atoms with Crippen molar-refractivity contribution < 1.29 is 9.53 Å². The molecular weight excluding hydrogens is 422 g/mol. The van der Waals surface area contributed by atoms with Crippen molar-refractivity contribution in [2.75, 3.05) is 45.2 Å². The van der Waals surface area contributed by atoms with Crippen LogP contribution in [0.4, 0.5) is 5.82 Å². The van der Waals surface area contributed by atoms with Crippen LogP contribution in [0, 0.1) is 6.92 Å². The van der Waals surface area contributed by atoms with Gasteiger partial charge in [-0.25, -0.2) is 9.97 Å². The lowest BCUT2D eigenvalue weighted by atomic mass is 10.1. The summed E-state index contributed by atoms with van der Waals surface area (Å²) in [5, 5.41) is 7.47. The number of aromatic nitrogens is 2. The fourth-order valence-corrected chi connectivity index (χ4v) is 5.23. The highest BCUT2D eigenvalue weighted by atomic mass is 32.1. The Labute approximate surface area is 193 Å². The van der Waals surface area contributed by atoms with E-state index in [0.29, 0.717) is 11.4 Å². The number of nitrogens with zero attached hydrogens (tertiary/aromatic N) is 3. The van der Waals surface area contributed by atoms with E-state index in [4.69, 9.17) is 4.74 Å². The molecule has 0 aliphatic carbocycles. The van der Waals surface area contributed by atoms with Crippen LogP contribution in [-0.2, 0) is 6.42 Å². The Bertz CT molecular complexity index is 1060. The number of hydrogen-bond acceptors (Lipinski definition) is 7. The minimum Gasteiger partial charge on any atom is -0.497 e. The molecule has 170 valence electrons. The predicted molar refractivity (Wildman–Crippen MR) is 130 cm³/mol. The lowest BCUT2D eigenvalue weighted by Gasteiger charge is -2.26. The molecule has 7 nitrogen and oxygen atoms in total. The third-order valence-corrected chi connectivity index (χ3v) is 7.13. The topological polar surface area (TPSA) is 79.4 Å². The maximum Gasteiger partial charge on any atom is 0.261 e. The lowest BCUT2D eigenvalue weighted by Crippen LogP contribution is -2.33. The van der Waals surface area contributed by atoms with Gasteiger partial charge in [0.25, 0.3) is 5.91 Å². The zero-order valence-corrected chi connectivity index (χ0v) is 19.6. The van der Waals surface area contributed by atoms with Gasteiger partial charge >= 0.3 is 0 Å². The Morgan fingerprint density at radius 1 is 1.19 bits per heavy atom. The molecule has 1 aliphatic rings. The molecule has 0 spiro atoms. The van der Waals surface area contributed by atoms with Crippen LogP contribution in [0.5, 0.6) is 5.75 Å². The molecule has 2 N–H and O–H groups in total. The molecule has 3 heterocycles. The van der Waals surface area contributed by atoms with Crippen LogP contribution in [0.25, 0.3) is 10.2 Å². The maximum atomic E-state index is 12.9. The summed E-state index contributed by atoms with van der Waals surface area (Å²) >= 11 is 1.43. The Kier molecular flexibility index (Phi) is 7.55. The largest absolute Gasteiger partial charge is 0.497 e. The van der Waals surface area contributed by atoms with Crippen molar-refractivity contribution in [2.45, 2.75) is 32.6 Å². The molecule has 3 aromatic rings. The summed E-state index contributed by atoms with van der Waals surface area (Å²) in [7, 11) is 1.66. The van der Waals surface area contributed by atoms with Crippen molar-refractivity contribution in [3.63, 3.8) is 0 Å². The van der Waals surface area contributed by atoms with Crippen molar-refractivity contribution in [3.05, 3.63) is 46.6 Å². The first-order valence-corrected chi connectivity index (χ1v) is 12.1. The fourth-order valence-electron chi connectivity index (χ4n) is 4.17. The molecule has 4 rings (SSSR count). The molecule has 0 bridgehead atoms. The average molecular weight is 454 g/mol. The molecule has 1 aliphatic heterocycles. The van der Waals surface area contributed by atoms with Gasteiger partial charge in [0.1, 0.15) is 22.7 Å². The molecule has 1 saturated heterocycles. The number of fused-ring (bicyclic) bond motifs is 1. The van der Waals surface area contributed by atoms with E-state index in [2.05, 4.69) is 25.5 Å². The maximum absolute atomic E-state index is 12.9. The lowest BCUT2D eigenvalue weighted by molar-refractivity contribution is 0.0957. The van der Waals surface area contributed by atoms with Gasteiger partial charge in [-0.15, -0.1) is 11.3 Å². The summed E-state index contributed by atoms with van der Waals surface area (Å²) in [6, 6.07) is 7.91. The summed E-state index contributed by atoms with van der Waals surface area (Å²) in [6.45, 7) is 6.74. The van der Waals surface area contributed by atoms with E-state index >= 15 is 0 Å². The first-order valence-electron chi connectivity index (χ1n) is 11.3. The van der Waals surface area contributed by atoms with Gasteiger partial charge in [-0.3, -0.25) is 4.79 Å². The van der Waals surface area contributed by atoms with E-state index in [1.165, 1.54) is 43.7 Å². The van der Waals surface area contributed by atoms with Crippen LogP contribution in [0.2, 0.25) is 0 Å². The van der Waals surface area contributed by atoms with Gasteiger partial charge in [-0.2, -0.15) is 0 Å². The number of anilines is 1. The van der Waals surface area contributed by atoms with Gasteiger partial charge in [0.15, 0.2) is 0 Å². The number of thiophene rings is 1. The van der Waals surface area contributed by atoms with Gasteiger partial charge in [0.05, 0.1) is 17.4 Å². The number of aryl methyl sites for hydroxylation is 1. The van der Waals surface area contributed by atoms with E-state index in [9.17, 15) is 4.79 Å². The number of ether oxygens (including phenoxy) is 1. The van der Waals surface area contributed by atoms with Crippen molar-refractivity contribution in [1.29, 1.82) is 0 Å². The van der Waals surface area contributed by atoms with Crippen molar-refractivity contribution in [1.82, 2.24) is 20.2 Å². The summed E-state index contributed by atoms with van der Waals surface area (Å²) in [6.07, 6.45) is 6.24. The smallest absolute Gasteiger partial charge is 0.261 e. The van der Waals surface area contributed by atoms with Crippen LogP contribution in [0.3, 0.4) is 0 Å². The standard InChI is InChI=1S/C24H31N5O2S/c1-17-20-22(25-11-14-29-12-4-3-5-13-29)27-16-28-24(20)32-21(17)23(30)26-10-9-18-7-6-8-19(15-18)31-2/h6-8,15-16H,3-5,9-14H2,1-2H3,(H,26,30)(H,25,27,28). The molecule has 8 heteroatoms. The first-order chi connectivity index (χ1) is 15.7. The molecule has 1 fully saturated rings. The number of hydrogen-bond donors (Lipinski definition) is 2. The van der Waals surface area contributed by atoms with Crippen LogP contribution in [0.15, 0.2) is 30.6 Å². The van der Waals surface area contributed by atoms with E-state index in [-0.39, 0.29) is 5.91 Å². The second-order valence-corrected chi connectivity index (χ2v) is 9.14. The normalized spacial score (nSPS) is 14.4.